The van der Waals surface area contributed by atoms with Crippen molar-refractivity contribution in [3.8, 4) is 5.75 Å². The number of sulfonamides is 1. The van der Waals surface area contributed by atoms with E-state index >= 15 is 4.39 Å². The van der Waals surface area contributed by atoms with E-state index in [0.717, 1.165) is 41.1 Å². The number of hydrogen-bond donors (Lipinski definition) is 1. The second-order valence-corrected chi connectivity index (χ2v) is 13.9. The Bertz CT molecular complexity index is 1790. The molecule has 1 fully saturated rings. The number of amides is 2. The average molecular weight is 672 g/mol. The molecule has 48 heavy (non-hydrogen) atoms. The quantitative estimate of drug-likeness (QED) is 0.167. The summed E-state index contributed by atoms with van der Waals surface area (Å²) in [5.74, 6) is -1.28. The zero-order valence-electron chi connectivity index (χ0n) is 27.3. The normalized spacial score (nSPS) is 13.9. The lowest BCUT2D eigenvalue weighted by Gasteiger charge is -2.34. The van der Waals surface area contributed by atoms with E-state index in [1.165, 1.54) is 23.1 Å². The number of benzene rings is 4. The number of ether oxygens (including phenoxy) is 1. The molecule has 1 aliphatic carbocycles. The summed E-state index contributed by atoms with van der Waals surface area (Å²) < 4.78 is 50.7. The minimum Gasteiger partial charge on any atom is -0.492 e. The van der Waals surface area contributed by atoms with Crippen molar-refractivity contribution >= 4 is 27.5 Å². The Morgan fingerprint density at radius 3 is 2.23 bits per heavy atom. The van der Waals surface area contributed by atoms with Crippen LogP contribution in [0.3, 0.4) is 0 Å². The van der Waals surface area contributed by atoms with Gasteiger partial charge in [-0.2, -0.15) is 0 Å². The zero-order valence-corrected chi connectivity index (χ0v) is 28.2. The zero-order chi connectivity index (χ0) is 34.1. The Morgan fingerprint density at radius 2 is 1.54 bits per heavy atom. The van der Waals surface area contributed by atoms with Crippen molar-refractivity contribution in [2.24, 2.45) is 0 Å². The van der Waals surface area contributed by atoms with Gasteiger partial charge in [-0.15, -0.1) is 0 Å². The number of anilines is 1. The lowest BCUT2D eigenvalue weighted by atomic mass is 10.0. The van der Waals surface area contributed by atoms with Gasteiger partial charge in [0.2, 0.25) is 11.8 Å². The number of hydrogen-bond acceptors (Lipinski definition) is 5. The van der Waals surface area contributed by atoms with Gasteiger partial charge in [-0.3, -0.25) is 13.9 Å². The highest BCUT2D eigenvalue weighted by atomic mass is 32.2. The summed E-state index contributed by atoms with van der Waals surface area (Å²) in [7, 11) is -4.31. The van der Waals surface area contributed by atoms with E-state index in [0.29, 0.717) is 0 Å². The van der Waals surface area contributed by atoms with Crippen LogP contribution >= 0.6 is 0 Å². The van der Waals surface area contributed by atoms with Crippen LogP contribution in [0.4, 0.5) is 10.1 Å². The molecule has 0 aliphatic heterocycles. The first-order chi connectivity index (χ1) is 23.2. The van der Waals surface area contributed by atoms with Crippen LogP contribution in [-0.2, 0) is 32.6 Å². The maximum absolute atomic E-state index is 15.2. The molecule has 0 spiro atoms. The van der Waals surface area contributed by atoms with Gasteiger partial charge in [0.25, 0.3) is 10.0 Å². The van der Waals surface area contributed by atoms with Crippen LogP contribution in [0.5, 0.6) is 5.75 Å². The number of aryl methyl sites for hydroxylation is 1. The Labute approximate surface area is 282 Å². The van der Waals surface area contributed by atoms with Crippen molar-refractivity contribution in [1.29, 1.82) is 0 Å². The topological polar surface area (TPSA) is 96.0 Å². The van der Waals surface area contributed by atoms with E-state index in [1.807, 2.05) is 37.3 Å². The Balaban J connectivity index is 1.60. The second-order valence-electron chi connectivity index (χ2n) is 12.0. The molecule has 0 heterocycles. The number of para-hydroxylation sites is 2. The maximum atomic E-state index is 15.2. The van der Waals surface area contributed by atoms with Gasteiger partial charge in [-0.25, -0.2) is 12.8 Å². The largest absolute Gasteiger partial charge is 0.492 e. The van der Waals surface area contributed by atoms with Crippen LogP contribution < -0.4 is 14.4 Å². The molecule has 10 heteroatoms. The third-order valence-electron chi connectivity index (χ3n) is 8.59. The third-order valence-corrected chi connectivity index (χ3v) is 10.4. The lowest BCUT2D eigenvalue weighted by Crippen LogP contribution is -2.54. The summed E-state index contributed by atoms with van der Waals surface area (Å²) in [5, 5.41) is 3.13. The van der Waals surface area contributed by atoms with Gasteiger partial charge in [0.05, 0.1) is 17.2 Å². The van der Waals surface area contributed by atoms with E-state index in [9.17, 15) is 18.0 Å². The molecule has 1 saturated carbocycles. The molecule has 1 N–H and O–H groups in total. The number of rotatable bonds is 14. The molecule has 4 aromatic carbocycles. The van der Waals surface area contributed by atoms with E-state index in [4.69, 9.17) is 4.74 Å². The minimum atomic E-state index is -4.31. The van der Waals surface area contributed by atoms with Crippen LogP contribution in [0.15, 0.2) is 108 Å². The highest BCUT2D eigenvalue weighted by molar-refractivity contribution is 7.92. The smallest absolute Gasteiger partial charge is 0.264 e. The fourth-order valence-corrected chi connectivity index (χ4v) is 7.45. The van der Waals surface area contributed by atoms with Gasteiger partial charge >= 0.3 is 0 Å². The standard InChI is InChI=1S/C38H42FN3O5S/c1-3-47-36-20-12-11-19-34(36)42(48(45,46)32-23-21-28(2)22-24-32)27-37(43)41(26-30-15-7-10-18-33(30)39)35(25-29-13-5-4-6-14-29)38(44)40-31-16-8-9-17-31/h4-7,10-15,18-24,31,35H,3,8-9,16-17,25-27H2,1-2H3,(H,40,44)/t35-/m0/s1. The monoisotopic (exact) mass is 671 g/mol. The first kappa shape index (κ1) is 34.6. The molecule has 8 nitrogen and oxygen atoms in total. The number of carbonyl (C=O) groups is 2. The van der Waals surface area contributed by atoms with Gasteiger partial charge in [0.15, 0.2) is 0 Å². The molecule has 0 saturated heterocycles. The van der Waals surface area contributed by atoms with Crippen LogP contribution in [0.1, 0.15) is 49.3 Å². The molecule has 5 rings (SSSR count). The highest BCUT2D eigenvalue weighted by Crippen LogP contribution is 2.33. The fraction of sp³-hybridized carbons (Fsp3) is 0.316. The summed E-state index contributed by atoms with van der Waals surface area (Å²) in [6.07, 6.45) is 3.82. The third kappa shape index (κ3) is 8.41. The molecular weight excluding hydrogens is 629 g/mol. The first-order valence-corrected chi connectivity index (χ1v) is 17.8. The van der Waals surface area contributed by atoms with Gasteiger partial charge in [0, 0.05) is 24.6 Å². The molecule has 0 bridgehead atoms. The van der Waals surface area contributed by atoms with Crippen LogP contribution in [0.2, 0.25) is 0 Å². The lowest BCUT2D eigenvalue weighted by molar-refractivity contribution is -0.140. The van der Waals surface area contributed by atoms with Crippen molar-refractivity contribution in [2.75, 3.05) is 17.5 Å². The van der Waals surface area contributed by atoms with Crippen molar-refractivity contribution < 1.29 is 27.1 Å². The SMILES string of the molecule is CCOc1ccccc1N(CC(=O)N(Cc1ccccc1F)[C@@H](Cc1ccccc1)C(=O)NC1CCCC1)S(=O)(=O)c1ccc(C)cc1. The first-order valence-electron chi connectivity index (χ1n) is 16.4. The van der Waals surface area contributed by atoms with E-state index in [-0.39, 0.29) is 53.4 Å². The number of nitrogens with zero attached hydrogens (tertiary/aromatic N) is 2. The number of carbonyl (C=O) groups excluding carboxylic acids is 2. The summed E-state index contributed by atoms with van der Waals surface area (Å²) in [4.78, 5) is 30.1. The van der Waals surface area contributed by atoms with Gasteiger partial charge in [-0.05, 0) is 62.6 Å². The Morgan fingerprint density at radius 1 is 0.896 bits per heavy atom. The van der Waals surface area contributed by atoms with Crippen molar-refractivity contribution in [3.63, 3.8) is 0 Å². The predicted molar refractivity (Wildman–Crippen MR) is 185 cm³/mol. The molecule has 0 unspecified atom stereocenters. The highest BCUT2D eigenvalue weighted by Gasteiger charge is 2.36. The van der Waals surface area contributed by atoms with Crippen LogP contribution in [-0.4, -0.2) is 50.4 Å². The van der Waals surface area contributed by atoms with Gasteiger partial charge in [0.1, 0.15) is 24.2 Å². The summed E-state index contributed by atoms with van der Waals surface area (Å²) in [6, 6.07) is 27.3. The van der Waals surface area contributed by atoms with Gasteiger partial charge < -0.3 is 15.0 Å². The Hall–Kier alpha value is -4.70. The van der Waals surface area contributed by atoms with Gasteiger partial charge in [-0.1, -0.05) is 91.2 Å². The van der Waals surface area contributed by atoms with Crippen molar-refractivity contribution in [3.05, 3.63) is 126 Å². The van der Waals surface area contributed by atoms with Crippen LogP contribution in [0, 0.1) is 12.7 Å². The maximum Gasteiger partial charge on any atom is 0.264 e. The summed E-state index contributed by atoms with van der Waals surface area (Å²) >= 11 is 0. The average Bonchev–Trinajstić information content (AvgIpc) is 3.60. The molecular formula is C38H42FN3O5S. The molecule has 1 atom stereocenters. The molecule has 0 aromatic heterocycles. The summed E-state index contributed by atoms with van der Waals surface area (Å²) in [5.41, 5.74) is 2.06. The molecule has 1 aliphatic rings. The minimum absolute atomic E-state index is 0.00679. The molecule has 0 radical (unpaired) electrons. The molecule has 252 valence electrons. The molecule has 4 aromatic rings. The fourth-order valence-electron chi connectivity index (χ4n) is 6.02. The van der Waals surface area contributed by atoms with Crippen molar-refractivity contribution in [2.45, 2.75) is 69.5 Å². The number of nitrogens with one attached hydrogen (secondary N) is 1. The van der Waals surface area contributed by atoms with E-state index in [1.54, 1.807) is 61.5 Å². The Kier molecular flexibility index (Phi) is 11.5. The second kappa shape index (κ2) is 15.9. The van der Waals surface area contributed by atoms with E-state index < -0.39 is 34.3 Å². The van der Waals surface area contributed by atoms with Crippen molar-refractivity contribution in [1.82, 2.24) is 10.2 Å². The van der Waals surface area contributed by atoms with E-state index in [2.05, 4.69) is 5.32 Å². The number of halogens is 1. The predicted octanol–water partition coefficient (Wildman–Crippen LogP) is 6.43. The summed E-state index contributed by atoms with van der Waals surface area (Å²) in [6.45, 7) is 3.01. The van der Waals surface area contributed by atoms with Crippen LogP contribution in [0.25, 0.3) is 0 Å². The molecule has 2 amide bonds.